The number of carbonyl (C=O) groups excluding carboxylic acids is 3. The SMILES string of the molecule is COc1ccc(N(CN2C(=O)C3CCC(C)CC3C2=O)C(C)=O)cc1. The van der Waals surface area contributed by atoms with Crippen molar-refractivity contribution < 1.29 is 19.1 Å². The van der Waals surface area contributed by atoms with Crippen LogP contribution >= 0.6 is 0 Å². The first-order chi connectivity index (χ1) is 11.9. The van der Waals surface area contributed by atoms with Gasteiger partial charge in [-0.25, -0.2) is 0 Å². The van der Waals surface area contributed by atoms with Crippen LogP contribution in [0.5, 0.6) is 5.75 Å². The molecule has 2 fully saturated rings. The Balaban J connectivity index is 1.81. The molecular weight excluding hydrogens is 320 g/mol. The first-order valence-corrected chi connectivity index (χ1v) is 8.69. The summed E-state index contributed by atoms with van der Waals surface area (Å²) in [5, 5.41) is 0. The van der Waals surface area contributed by atoms with Gasteiger partial charge in [-0.3, -0.25) is 24.2 Å². The minimum Gasteiger partial charge on any atom is -0.497 e. The van der Waals surface area contributed by atoms with Crippen molar-refractivity contribution in [3.05, 3.63) is 24.3 Å². The van der Waals surface area contributed by atoms with Crippen molar-refractivity contribution >= 4 is 23.4 Å². The molecule has 6 nitrogen and oxygen atoms in total. The first kappa shape index (κ1) is 17.5. The lowest BCUT2D eigenvalue weighted by molar-refractivity contribution is -0.140. The second kappa shape index (κ2) is 6.86. The van der Waals surface area contributed by atoms with Crippen LogP contribution in [0.2, 0.25) is 0 Å². The summed E-state index contributed by atoms with van der Waals surface area (Å²) < 4.78 is 5.13. The Labute approximate surface area is 147 Å². The van der Waals surface area contributed by atoms with Crippen molar-refractivity contribution in [1.29, 1.82) is 0 Å². The maximum Gasteiger partial charge on any atom is 0.234 e. The Hall–Kier alpha value is -2.37. The normalized spacial score (nSPS) is 25.7. The van der Waals surface area contributed by atoms with E-state index in [4.69, 9.17) is 4.74 Å². The molecule has 0 spiro atoms. The monoisotopic (exact) mass is 344 g/mol. The summed E-state index contributed by atoms with van der Waals surface area (Å²) in [7, 11) is 1.57. The zero-order valence-corrected chi connectivity index (χ0v) is 14.9. The highest BCUT2D eigenvalue weighted by Gasteiger charge is 2.49. The van der Waals surface area contributed by atoms with Gasteiger partial charge < -0.3 is 4.74 Å². The molecule has 6 heteroatoms. The fourth-order valence-electron chi connectivity index (χ4n) is 3.86. The molecule has 1 aliphatic heterocycles. The molecule has 1 aromatic carbocycles. The molecule has 0 aromatic heterocycles. The number of imide groups is 1. The Morgan fingerprint density at radius 2 is 1.80 bits per heavy atom. The molecule has 0 N–H and O–H groups in total. The summed E-state index contributed by atoms with van der Waals surface area (Å²) in [6.07, 6.45) is 2.49. The van der Waals surface area contributed by atoms with Gasteiger partial charge in [0.05, 0.1) is 18.9 Å². The van der Waals surface area contributed by atoms with E-state index < -0.39 is 0 Å². The number of amides is 3. The summed E-state index contributed by atoms with van der Waals surface area (Å²) in [5.74, 6) is 0.218. The van der Waals surface area contributed by atoms with Crippen LogP contribution in [0.25, 0.3) is 0 Å². The maximum atomic E-state index is 12.7. The van der Waals surface area contributed by atoms with Crippen LogP contribution in [0.3, 0.4) is 0 Å². The van der Waals surface area contributed by atoms with Gasteiger partial charge in [-0.1, -0.05) is 6.92 Å². The number of carbonyl (C=O) groups is 3. The van der Waals surface area contributed by atoms with Gasteiger partial charge in [0.2, 0.25) is 17.7 Å². The van der Waals surface area contributed by atoms with Gasteiger partial charge in [0, 0.05) is 12.6 Å². The van der Waals surface area contributed by atoms with E-state index in [1.807, 2.05) is 0 Å². The lowest BCUT2D eigenvalue weighted by atomic mass is 9.76. The molecule has 3 atom stereocenters. The van der Waals surface area contributed by atoms with E-state index in [2.05, 4.69) is 6.92 Å². The molecule has 1 aromatic rings. The van der Waals surface area contributed by atoms with Crippen molar-refractivity contribution in [2.75, 3.05) is 18.7 Å². The number of anilines is 1. The average Bonchev–Trinajstić information content (AvgIpc) is 2.83. The molecule has 134 valence electrons. The third-order valence-corrected chi connectivity index (χ3v) is 5.33. The number of ether oxygens (including phenoxy) is 1. The van der Waals surface area contributed by atoms with Gasteiger partial charge in [0.25, 0.3) is 0 Å². The Kier molecular flexibility index (Phi) is 4.79. The third kappa shape index (κ3) is 3.25. The summed E-state index contributed by atoms with van der Waals surface area (Å²) in [6.45, 7) is 3.53. The summed E-state index contributed by atoms with van der Waals surface area (Å²) >= 11 is 0. The second-order valence-electron chi connectivity index (χ2n) is 7.02. The molecule has 0 bridgehead atoms. The van der Waals surface area contributed by atoms with Crippen molar-refractivity contribution in [2.24, 2.45) is 17.8 Å². The minimum atomic E-state index is -0.221. The number of hydrogen-bond acceptors (Lipinski definition) is 4. The number of benzene rings is 1. The summed E-state index contributed by atoms with van der Waals surface area (Å²) in [6, 6.07) is 7.00. The molecule has 3 unspecified atom stereocenters. The lowest BCUT2D eigenvalue weighted by Crippen LogP contribution is -2.44. The molecule has 1 saturated carbocycles. The van der Waals surface area contributed by atoms with Crippen LogP contribution in [0.1, 0.15) is 33.1 Å². The molecule has 1 saturated heterocycles. The van der Waals surface area contributed by atoms with Crippen LogP contribution in [0, 0.1) is 17.8 Å². The Morgan fingerprint density at radius 3 is 2.40 bits per heavy atom. The molecule has 2 aliphatic rings. The van der Waals surface area contributed by atoms with Gasteiger partial charge in [-0.05, 0) is 49.4 Å². The quantitative estimate of drug-likeness (QED) is 0.787. The number of hydrogen-bond donors (Lipinski definition) is 0. The minimum absolute atomic E-state index is 0.0271. The van der Waals surface area contributed by atoms with Crippen molar-refractivity contribution in [3.63, 3.8) is 0 Å². The number of rotatable bonds is 4. The summed E-state index contributed by atoms with van der Waals surface area (Å²) in [5.41, 5.74) is 0.636. The highest BCUT2D eigenvalue weighted by Crippen LogP contribution is 2.40. The highest BCUT2D eigenvalue weighted by atomic mass is 16.5. The smallest absolute Gasteiger partial charge is 0.234 e. The molecule has 0 radical (unpaired) electrons. The van der Waals surface area contributed by atoms with E-state index in [1.54, 1.807) is 31.4 Å². The van der Waals surface area contributed by atoms with E-state index in [1.165, 1.54) is 16.7 Å². The standard InChI is InChI=1S/C19H24N2O4/c1-12-4-9-16-17(10-12)19(24)21(18(16)23)11-20(13(2)22)14-5-7-15(25-3)8-6-14/h5-8,12,16-17H,4,9-11H2,1-3H3. The van der Waals surface area contributed by atoms with Gasteiger partial charge in [-0.2, -0.15) is 0 Å². The zero-order chi connectivity index (χ0) is 18.1. The second-order valence-corrected chi connectivity index (χ2v) is 7.02. The van der Waals surface area contributed by atoms with Crippen LogP contribution < -0.4 is 9.64 Å². The fourth-order valence-corrected chi connectivity index (χ4v) is 3.86. The summed E-state index contributed by atoms with van der Waals surface area (Å²) in [4.78, 5) is 40.3. The van der Waals surface area contributed by atoms with Gasteiger partial charge in [0.15, 0.2) is 0 Å². The predicted molar refractivity (Wildman–Crippen MR) is 92.9 cm³/mol. The van der Waals surface area contributed by atoms with E-state index in [0.29, 0.717) is 17.4 Å². The molecule has 3 amide bonds. The van der Waals surface area contributed by atoms with Crippen LogP contribution in [0.4, 0.5) is 5.69 Å². The molecule has 1 aliphatic carbocycles. The van der Waals surface area contributed by atoms with Crippen molar-refractivity contribution in [3.8, 4) is 5.75 Å². The third-order valence-electron chi connectivity index (χ3n) is 5.33. The fraction of sp³-hybridized carbons (Fsp3) is 0.526. The lowest BCUT2D eigenvalue weighted by Gasteiger charge is -2.26. The van der Waals surface area contributed by atoms with Crippen molar-refractivity contribution in [2.45, 2.75) is 33.1 Å². The molecule has 25 heavy (non-hydrogen) atoms. The number of likely N-dealkylation sites (tertiary alicyclic amines) is 1. The van der Waals surface area contributed by atoms with Gasteiger partial charge in [-0.15, -0.1) is 0 Å². The molecular formula is C19H24N2O4. The largest absolute Gasteiger partial charge is 0.497 e. The van der Waals surface area contributed by atoms with Crippen LogP contribution in [0.15, 0.2) is 24.3 Å². The predicted octanol–water partition coefficient (Wildman–Crippen LogP) is 2.43. The van der Waals surface area contributed by atoms with E-state index in [-0.39, 0.29) is 36.2 Å². The van der Waals surface area contributed by atoms with Gasteiger partial charge in [0.1, 0.15) is 12.4 Å². The average molecular weight is 344 g/mol. The van der Waals surface area contributed by atoms with E-state index >= 15 is 0 Å². The zero-order valence-electron chi connectivity index (χ0n) is 14.9. The van der Waals surface area contributed by atoms with E-state index in [9.17, 15) is 14.4 Å². The maximum absolute atomic E-state index is 12.7. The number of nitrogens with zero attached hydrogens (tertiary/aromatic N) is 2. The highest BCUT2D eigenvalue weighted by molar-refractivity contribution is 6.06. The van der Waals surface area contributed by atoms with Crippen LogP contribution in [-0.4, -0.2) is 36.4 Å². The van der Waals surface area contributed by atoms with Gasteiger partial charge >= 0.3 is 0 Å². The number of methoxy groups -OCH3 is 1. The first-order valence-electron chi connectivity index (χ1n) is 8.69. The topological polar surface area (TPSA) is 66.9 Å². The molecule has 3 rings (SSSR count). The Morgan fingerprint density at radius 1 is 1.16 bits per heavy atom. The van der Waals surface area contributed by atoms with E-state index in [0.717, 1.165) is 19.3 Å². The van der Waals surface area contributed by atoms with Crippen molar-refractivity contribution in [1.82, 2.24) is 4.90 Å². The molecule has 1 heterocycles. The number of fused-ring (bicyclic) bond motifs is 1. The van der Waals surface area contributed by atoms with Crippen LogP contribution in [-0.2, 0) is 14.4 Å². The Bertz CT molecular complexity index is 685.